The Morgan fingerprint density at radius 1 is 1.20 bits per heavy atom. The van der Waals surface area contributed by atoms with Crippen molar-refractivity contribution in [3.63, 3.8) is 0 Å². The number of guanidine groups is 1. The largest absolute Gasteiger partial charge is 0.494 e. The lowest BCUT2D eigenvalue weighted by Crippen LogP contribution is -2.46. The van der Waals surface area contributed by atoms with Gasteiger partial charge in [0.15, 0.2) is 27.4 Å². The van der Waals surface area contributed by atoms with E-state index in [1.54, 1.807) is 42.5 Å². The van der Waals surface area contributed by atoms with E-state index in [1.807, 2.05) is 25.8 Å². The molecule has 8 heteroatoms. The topological polar surface area (TPSA) is 71.0 Å². The van der Waals surface area contributed by atoms with Crippen molar-refractivity contribution < 1.29 is 17.5 Å². The van der Waals surface area contributed by atoms with E-state index in [4.69, 9.17) is 4.74 Å². The van der Waals surface area contributed by atoms with Crippen molar-refractivity contribution in [1.82, 2.24) is 10.2 Å². The van der Waals surface area contributed by atoms with E-state index in [2.05, 4.69) is 10.3 Å². The Kier molecular flexibility index (Phi) is 8.65. The van der Waals surface area contributed by atoms with Crippen LogP contribution in [0.5, 0.6) is 5.75 Å². The number of halogens is 1. The first kappa shape index (κ1) is 23.7. The van der Waals surface area contributed by atoms with Gasteiger partial charge in [-0.25, -0.2) is 12.8 Å². The maximum Gasteiger partial charge on any atom is 0.194 e. The summed E-state index contributed by atoms with van der Waals surface area (Å²) in [5.74, 6) is 0.301. The maximum absolute atomic E-state index is 14.0. The van der Waals surface area contributed by atoms with Crippen molar-refractivity contribution in [2.24, 2.45) is 4.99 Å². The molecular weight excluding hydrogens is 405 g/mol. The van der Waals surface area contributed by atoms with Crippen LogP contribution in [0.2, 0.25) is 0 Å². The standard InChI is InChI=1S/C22H30FN3O3S/c1-5-18(16-30(27,28)19-10-8-7-9-11-19)25-22(24-6-2)26(3)15-17-12-13-21(29-4)20(23)14-17/h7-14,18H,5-6,15-16H2,1-4H3,(H,24,25). The maximum atomic E-state index is 14.0. The van der Waals surface area contributed by atoms with Crippen LogP contribution in [-0.4, -0.2) is 51.8 Å². The lowest BCUT2D eigenvalue weighted by molar-refractivity contribution is 0.385. The van der Waals surface area contributed by atoms with Gasteiger partial charge in [-0.3, -0.25) is 4.99 Å². The predicted molar refractivity (Wildman–Crippen MR) is 118 cm³/mol. The Morgan fingerprint density at radius 3 is 2.47 bits per heavy atom. The Bertz CT molecular complexity index is 949. The van der Waals surface area contributed by atoms with Gasteiger partial charge in [-0.2, -0.15) is 0 Å². The van der Waals surface area contributed by atoms with Gasteiger partial charge in [0.1, 0.15) is 0 Å². The first-order chi connectivity index (χ1) is 14.3. The quantitative estimate of drug-likeness (QED) is 0.482. The minimum absolute atomic E-state index is 0.0404. The van der Waals surface area contributed by atoms with Crippen LogP contribution < -0.4 is 10.1 Å². The first-order valence-corrected chi connectivity index (χ1v) is 11.6. The number of hydrogen-bond acceptors (Lipinski definition) is 4. The van der Waals surface area contributed by atoms with Crippen molar-refractivity contribution in [2.75, 3.05) is 26.5 Å². The average molecular weight is 436 g/mol. The van der Waals surface area contributed by atoms with Gasteiger partial charge >= 0.3 is 0 Å². The van der Waals surface area contributed by atoms with Crippen molar-refractivity contribution in [3.05, 3.63) is 59.9 Å². The fourth-order valence-electron chi connectivity index (χ4n) is 3.02. The molecule has 2 rings (SSSR count). The Balaban J connectivity index is 2.12. The highest BCUT2D eigenvalue weighted by Gasteiger charge is 2.22. The second kappa shape index (κ2) is 11.0. The van der Waals surface area contributed by atoms with Gasteiger partial charge < -0.3 is 15.0 Å². The number of nitrogens with zero attached hydrogens (tertiary/aromatic N) is 2. The summed E-state index contributed by atoms with van der Waals surface area (Å²) in [6.07, 6.45) is 0.611. The summed E-state index contributed by atoms with van der Waals surface area (Å²) >= 11 is 0. The van der Waals surface area contributed by atoms with Gasteiger partial charge in [0, 0.05) is 26.2 Å². The van der Waals surface area contributed by atoms with E-state index in [0.29, 0.717) is 30.4 Å². The van der Waals surface area contributed by atoms with Crippen LogP contribution in [0.3, 0.4) is 0 Å². The molecule has 0 aliphatic rings. The number of nitrogens with one attached hydrogen (secondary N) is 1. The SMILES string of the molecule is CCN=C(NC(CC)CS(=O)(=O)c1ccccc1)N(C)Cc1ccc(OC)c(F)c1. The molecule has 0 aromatic heterocycles. The van der Waals surface area contributed by atoms with Gasteiger partial charge in [-0.05, 0) is 43.2 Å². The number of ether oxygens (including phenoxy) is 1. The minimum atomic E-state index is -3.43. The number of methoxy groups -OCH3 is 1. The zero-order valence-electron chi connectivity index (χ0n) is 17.9. The summed E-state index contributed by atoms with van der Waals surface area (Å²) in [5, 5.41) is 3.27. The highest BCUT2D eigenvalue weighted by Crippen LogP contribution is 2.18. The molecule has 30 heavy (non-hydrogen) atoms. The molecular formula is C22H30FN3O3S. The van der Waals surface area contributed by atoms with Crippen LogP contribution in [-0.2, 0) is 16.4 Å². The fraction of sp³-hybridized carbons (Fsp3) is 0.409. The molecule has 164 valence electrons. The molecule has 0 amide bonds. The summed E-state index contributed by atoms with van der Waals surface area (Å²) in [4.78, 5) is 6.64. The molecule has 0 saturated heterocycles. The summed E-state index contributed by atoms with van der Waals surface area (Å²) in [6, 6.07) is 12.9. The summed E-state index contributed by atoms with van der Waals surface area (Å²) in [6.45, 7) is 4.78. The molecule has 0 bridgehead atoms. The van der Waals surface area contributed by atoms with Gasteiger partial charge in [0.25, 0.3) is 0 Å². The third-order valence-corrected chi connectivity index (χ3v) is 6.49. The molecule has 0 saturated carbocycles. The van der Waals surface area contributed by atoms with Gasteiger partial charge in [0.2, 0.25) is 0 Å². The number of rotatable bonds is 9. The van der Waals surface area contributed by atoms with E-state index < -0.39 is 15.7 Å². The molecule has 0 fully saturated rings. The lowest BCUT2D eigenvalue weighted by atomic mass is 10.2. The molecule has 0 radical (unpaired) electrons. The van der Waals surface area contributed by atoms with Crippen LogP contribution in [0, 0.1) is 5.82 Å². The summed E-state index contributed by atoms with van der Waals surface area (Å²) in [7, 11) is -0.169. The molecule has 0 heterocycles. The molecule has 2 aromatic rings. The molecule has 6 nitrogen and oxygen atoms in total. The van der Waals surface area contributed by atoms with Crippen LogP contribution in [0.15, 0.2) is 58.4 Å². The third-order valence-electron chi connectivity index (χ3n) is 4.65. The highest BCUT2D eigenvalue weighted by atomic mass is 32.2. The van der Waals surface area contributed by atoms with E-state index in [0.717, 1.165) is 5.56 Å². The van der Waals surface area contributed by atoms with Crippen molar-refractivity contribution in [1.29, 1.82) is 0 Å². The van der Waals surface area contributed by atoms with Crippen molar-refractivity contribution in [3.8, 4) is 5.75 Å². The summed E-state index contributed by atoms with van der Waals surface area (Å²) in [5.41, 5.74) is 0.756. The van der Waals surface area contributed by atoms with E-state index in [-0.39, 0.29) is 17.5 Å². The number of benzene rings is 2. The number of sulfone groups is 1. The molecule has 0 spiro atoms. The molecule has 2 aromatic carbocycles. The third kappa shape index (κ3) is 6.45. The number of hydrogen-bond donors (Lipinski definition) is 1. The zero-order valence-corrected chi connectivity index (χ0v) is 18.7. The molecule has 1 N–H and O–H groups in total. The Morgan fingerprint density at radius 2 is 1.90 bits per heavy atom. The van der Waals surface area contributed by atoms with Gasteiger partial charge in [0.05, 0.1) is 17.8 Å². The van der Waals surface area contributed by atoms with Gasteiger partial charge in [-0.1, -0.05) is 31.2 Å². The van der Waals surface area contributed by atoms with Crippen molar-refractivity contribution in [2.45, 2.75) is 37.8 Å². The van der Waals surface area contributed by atoms with E-state index in [9.17, 15) is 12.8 Å². The molecule has 0 aliphatic carbocycles. The smallest absolute Gasteiger partial charge is 0.194 e. The Hall–Kier alpha value is -2.61. The van der Waals surface area contributed by atoms with Crippen LogP contribution in [0.1, 0.15) is 25.8 Å². The van der Waals surface area contributed by atoms with E-state index in [1.165, 1.54) is 13.2 Å². The second-order valence-electron chi connectivity index (χ2n) is 6.97. The van der Waals surface area contributed by atoms with Crippen LogP contribution in [0.25, 0.3) is 0 Å². The Labute approximate surface area is 178 Å². The monoisotopic (exact) mass is 435 g/mol. The first-order valence-electron chi connectivity index (χ1n) is 9.93. The molecule has 1 atom stereocenters. The predicted octanol–water partition coefficient (Wildman–Crippen LogP) is 3.48. The normalized spacial score (nSPS) is 13.0. The van der Waals surface area contributed by atoms with Crippen molar-refractivity contribution >= 4 is 15.8 Å². The average Bonchev–Trinajstić information content (AvgIpc) is 2.73. The van der Waals surface area contributed by atoms with Gasteiger partial charge in [-0.15, -0.1) is 0 Å². The molecule has 1 unspecified atom stereocenters. The highest BCUT2D eigenvalue weighted by molar-refractivity contribution is 7.91. The minimum Gasteiger partial charge on any atom is -0.494 e. The summed E-state index contributed by atoms with van der Waals surface area (Å²) < 4.78 is 44.5. The molecule has 0 aliphatic heterocycles. The fourth-order valence-corrected chi connectivity index (χ4v) is 4.63. The lowest BCUT2D eigenvalue weighted by Gasteiger charge is -2.27. The van der Waals surface area contributed by atoms with Crippen LogP contribution >= 0.6 is 0 Å². The second-order valence-corrected chi connectivity index (χ2v) is 9.00. The number of aliphatic imine (C=N–C) groups is 1. The van der Waals surface area contributed by atoms with Crippen LogP contribution in [0.4, 0.5) is 4.39 Å². The van der Waals surface area contributed by atoms with E-state index >= 15 is 0 Å². The zero-order chi connectivity index (χ0) is 22.1.